The quantitative estimate of drug-likeness (QED) is 0.311. The fraction of sp³-hybridized carbons (Fsp3) is 0.304. The maximum absolute atomic E-state index is 12.8. The standard InChI is InChI=1S/C23H24BrNO2/c1-3-4-5-6-13-27-23(26)20-15-22(17-8-10-18(24)11-9-17)25-21-12-7-16(2)14-19(20)21/h7-12,14-15H,3-6,13H2,1-2H3. The average molecular weight is 426 g/mol. The first kappa shape index (κ1) is 19.6. The number of aryl methyl sites for hydroxylation is 1. The number of nitrogens with zero attached hydrogens (tertiary/aromatic N) is 1. The molecule has 4 heteroatoms. The molecule has 0 spiro atoms. The second kappa shape index (κ2) is 9.14. The molecule has 3 nitrogen and oxygen atoms in total. The highest BCUT2D eigenvalue weighted by Gasteiger charge is 2.15. The molecule has 0 bridgehead atoms. The Hall–Kier alpha value is -2.20. The summed E-state index contributed by atoms with van der Waals surface area (Å²) in [5.41, 5.74) is 4.23. The second-order valence-corrected chi connectivity index (χ2v) is 7.69. The molecule has 0 radical (unpaired) electrons. The maximum atomic E-state index is 12.8. The number of benzene rings is 2. The predicted molar refractivity (Wildman–Crippen MR) is 114 cm³/mol. The molecule has 3 rings (SSSR count). The summed E-state index contributed by atoms with van der Waals surface area (Å²) in [7, 11) is 0. The molecule has 140 valence electrons. The van der Waals surface area contributed by atoms with Gasteiger partial charge in [0, 0.05) is 15.4 Å². The molecule has 0 N–H and O–H groups in total. The van der Waals surface area contributed by atoms with Gasteiger partial charge in [0.15, 0.2) is 0 Å². The molecule has 2 aromatic carbocycles. The number of unbranched alkanes of at least 4 members (excludes halogenated alkanes) is 3. The minimum Gasteiger partial charge on any atom is -0.462 e. The number of aromatic nitrogens is 1. The lowest BCUT2D eigenvalue weighted by molar-refractivity contribution is 0.0500. The summed E-state index contributed by atoms with van der Waals surface area (Å²) in [5, 5.41) is 0.842. The molecule has 1 aromatic heterocycles. The number of pyridine rings is 1. The summed E-state index contributed by atoms with van der Waals surface area (Å²) in [6.45, 7) is 4.64. The topological polar surface area (TPSA) is 39.2 Å². The molecule has 0 fully saturated rings. The number of carbonyl (C=O) groups is 1. The molecule has 0 amide bonds. The van der Waals surface area contributed by atoms with Crippen molar-refractivity contribution in [1.82, 2.24) is 4.98 Å². The van der Waals surface area contributed by atoms with Crippen LogP contribution in [0.2, 0.25) is 0 Å². The van der Waals surface area contributed by atoms with Gasteiger partial charge in [0.05, 0.1) is 23.4 Å². The number of fused-ring (bicyclic) bond motifs is 1. The Bertz CT molecular complexity index is 935. The third-order valence-electron chi connectivity index (χ3n) is 4.56. The smallest absolute Gasteiger partial charge is 0.338 e. The molecule has 0 aliphatic heterocycles. The first-order chi connectivity index (χ1) is 13.1. The summed E-state index contributed by atoms with van der Waals surface area (Å²) < 4.78 is 6.57. The Kier molecular flexibility index (Phi) is 6.62. The molecule has 1 heterocycles. The van der Waals surface area contributed by atoms with Crippen molar-refractivity contribution in [2.45, 2.75) is 39.5 Å². The summed E-state index contributed by atoms with van der Waals surface area (Å²) in [4.78, 5) is 17.5. The number of halogens is 1. The largest absolute Gasteiger partial charge is 0.462 e. The van der Waals surface area contributed by atoms with Gasteiger partial charge in [-0.3, -0.25) is 0 Å². The van der Waals surface area contributed by atoms with Gasteiger partial charge in [-0.2, -0.15) is 0 Å². The van der Waals surface area contributed by atoms with E-state index in [1.807, 2.05) is 55.5 Å². The van der Waals surface area contributed by atoms with E-state index < -0.39 is 0 Å². The van der Waals surface area contributed by atoms with E-state index in [2.05, 4.69) is 22.9 Å². The van der Waals surface area contributed by atoms with Gasteiger partial charge in [0.1, 0.15) is 0 Å². The highest BCUT2D eigenvalue weighted by Crippen LogP contribution is 2.27. The van der Waals surface area contributed by atoms with Crippen molar-refractivity contribution >= 4 is 32.8 Å². The van der Waals surface area contributed by atoms with Crippen LogP contribution >= 0.6 is 15.9 Å². The van der Waals surface area contributed by atoms with E-state index in [0.717, 1.165) is 45.0 Å². The van der Waals surface area contributed by atoms with Gasteiger partial charge < -0.3 is 4.74 Å². The molecule has 0 aliphatic carbocycles. The first-order valence-corrected chi connectivity index (χ1v) is 10.2. The van der Waals surface area contributed by atoms with Crippen molar-refractivity contribution in [2.75, 3.05) is 6.61 Å². The fourth-order valence-electron chi connectivity index (χ4n) is 3.05. The van der Waals surface area contributed by atoms with Crippen LogP contribution in [0, 0.1) is 6.92 Å². The van der Waals surface area contributed by atoms with Crippen molar-refractivity contribution in [3.63, 3.8) is 0 Å². The summed E-state index contributed by atoms with van der Waals surface area (Å²) in [6, 6.07) is 15.8. The Balaban J connectivity index is 1.94. The van der Waals surface area contributed by atoms with Gasteiger partial charge in [-0.05, 0) is 43.7 Å². The lowest BCUT2D eigenvalue weighted by Crippen LogP contribution is -2.08. The van der Waals surface area contributed by atoms with Crippen LogP contribution in [0.15, 0.2) is 53.0 Å². The SMILES string of the molecule is CCCCCCOC(=O)c1cc(-c2ccc(Br)cc2)nc2ccc(C)cc12. The molecular formula is C23H24BrNO2. The molecule has 27 heavy (non-hydrogen) atoms. The lowest BCUT2D eigenvalue weighted by Gasteiger charge is -2.11. The van der Waals surface area contributed by atoms with E-state index in [4.69, 9.17) is 9.72 Å². The van der Waals surface area contributed by atoms with E-state index in [1.165, 1.54) is 12.8 Å². The zero-order valence-corrected chi connectivity index (χ0v) is 17.4. The second-order valence-electron chi connectivity index (χ2n) is 6.78. The maximum Gasteiger partial charge on any atom is 0.338 e. The normalized spacial score (nSPS) is 10.9. The van der Waals surface area contributed by atoms with Crippen molar-refractivity contribution in [3.05, 3.63) is 64.1 Å². The zero-order chi connectivity index (χ0) is 19.2. The number of rotatable bonds is 7. The van der Waals surface area contributed by atoms with Crippen LogP contribution in [0.25, 0.3) is 22.2 Å². The average Bonchev–Trinajstić information content (AvgIpc) is 2.67. The zero-order valence-electron chi connectivity index (χ0n) is 15.8. The number of hydrogen-bond acceptors (Lipinski definition) is 3. The Morgan fingerprint density at radius 2 is 1.81 bits per heavy atom. The van der Waals surface area contributed by atoms with Crippen LogP contribution in [0.4, 0.5) is 0 Å². The molecule has 0 atom stereocenters. The number of esters is 1. The van der Waals surface area contributed by atoms with Gasteiger partial charge in [0.2, 0.25) is 0 Å². The molecule has 0 unspecified atom stereocenters. The Morgan fingerprint density at radius 1 is 1.04 bits per heavy atom. The van der Waals surface area contributed by atoms with E-state index in [1.54, 1.807) is 0 Å². The van der Waals surface area contributed by atoms with Crippen molar-refractivity contribution in [1.29, 1.82) is 0 Å². The lowest BCUT2D eigenvalue weighted by atomic mass is 10.0. The first-order valence-electron chi connectivity index (χ1n) is 9.43. The van der Waals surface area contributed by atoms with Crippen molar-refractivity contribution in [2.24, 2.45) is 0 Å². The van der Waals surface area contributed by atoms with Crippen LogP contribution in [0.1, 0.15) is 48.5 Å². The van der Waals surface area contributed by atoms with Gasteiger partial charge >= 0.3 is 5.97 Å². The minimum atomic E-state index is -0.275. The summed E-state index contributed by atoms with van der Waals surface area (Å²) in [5.74, 6) is -0.275. The van der Waals surface area contributed by atoms with Crippen LogP contribution < -0.4 is 0 Å². The summed E-state index contributed by atoms with van der Waals surface area (Å²) >= 11 is 3.46. The molecule has 0 saturated carbocycles. The van der Waals surface area contributed by atoms with Crippen LogP contribution in [0.5, 0.6) is 0 Å². The van der Waals surface area contributed by atoms with Gasteiger partial charge in [-0.25, -0.2) is 9.78 Å². The van der Waals surface area contributed by atoms with Crippen molar-refractivity contribution in [3.8, 4) is 11.3 Å². The van der Waals surface area contributed by atoms with Crippen LogP contribution in [-0.2, 0) is 4.74 Å². The number of ether oxygens (including phenoxy) is 1. The van der Waals surface area contributed by atoms with E-state index in [-0.39, 0.29) is 5.97 Å². The third-order valence-corrected chi connectivity index (χ3v) is 5.08. The van der Waals surface area contributed by atoms with Gasteiger partial charge in [-0.15, -0.1) is 0 Å². The summed E-state index contributed by atoms with van der Waals surface area (Å²) in [6.07, 6.45) is 4.33. The molecule has 3 aromatic rings. The van der Waals surface area contributed by atoms with E-state index in [0.29, 0.717) is 12.2 Å². The molecular weight excluding hydrogens is 402 g/mol. The monoisotopic (exact) mass is 425 g/mol. The molecule has 0 aliphatic rings. The highest BCUT2D eigenvalue weighted by atomic mass is 79.9. The molecule has 0 saturated heterocycles. The minimum absolute atomic E-state index is 0.275. The van der Waals surface area contributed by atoms with E-state index in [9.17, 15) is 4.79 Å². The Labute approximate surface area is 168 Å². The van der Waals surface area contributed by atoms with E-state index >= 15 is 0 Å². The third kappa shape index (κ3) is 4.95. The van der Waals surface area contributed by atoms with Gasteiger partial charge in [0.25, 0.3) is 0 Å². The van der Waals surface area contributed by atoms with Crippen LogP contribution in [0.3, 0.4) is 0 Å². The fourth-order valence-corrected chi connectivity index (χ4v) is 3.31. The number of carbonyl (C=O) groups excluding carboxylic acids is 1. The van der Waals surface area contributed by atoms with Crippen LogP contribution in [-0.4, -0.2) is 17.6 Å². The van der Waals surface area contributed by atoms with Crippen molar-refractivity contribution < 1.29 is 9.53 Å². The highest BCUT2D eigenvalue weighted by molar-refractivity contribution is 9.10. The Morgan fingerprint density at radius 3 is 2.56 bits per heavy atom. The predicted octanol–water partition coefficient (Wildman–Crippen LogP) is 6.71. The van der Waals surface area contributed by atoms with Gasteiger partial charge in [-0.1, -0.05) is 65.9 Å². The number of hydrogen-bond donors (Lipinski definition) is 0.